The highest BCUT2D eigenvalue weighted by Crippen LogP contribution is 2.36. The second-order valence-electron chi connectivity index (χ2n) is 10.7. The minimum Gasteiger partial charge on any atom is -0.504 e. The summed E-state index contributed by atoms with van der Waals surface area (Å²) < 4.78 is 10.1. The van der Waals surface area contributed by atoms with Gasteiger partial charge in [-0.25, -0.2) is 0 Å². The first kappa shape index (κ1) is 37.3. The second-order valence-corrected chi connectivity index (χ2v) is 10.7. The number of rotatable bonds is 17. The fourth-order valence-electron chi connectivity index (χ4n) is 4.50. The van der Waals surface area contributed by atoms with E-state index in [4.69, 9.17) is 9.47 Å². The third-order valence-electron chi connectivity index (χ3n) is 7.14. The zero-order chi connectivity index (χ0) is 35.8. The van der Waals surface area contributed by atoms with E-state index in [-0.39, 0.29) is 52.9 Å². The maximum Gasteiger partial charge on any atom is 0.246 e. The van der Waals surface area contributed by atoms with Gasteiger partial charge in [0, 0.05) is 44.4 Å². The summed E-state index contributed by atoms with van der Waals surface area (Å²) in [4.78, 5) is 39.4. The first-order valence-corrected chi connectivity index (χ1v) is 15.4. The number of carbonyl (C=O) groups is 3. The molecule has 49 heavy (non-hydrogen) atoms. The van der Waals surface area contributed by atoms with Crippen LogP contribution < -0.4 is 20.1 Å². The zero-order valence-corrected chi connectivity index (χ0v) is 27.3. The molecule has 0 saturated carbocycles. The van der Waals surface area contributed by atoms with Crippen LogP contribution in [0.4, 0.5) is 0 Å². The molecule has 0 aliphatic rings. The van der Waals surface area contributed by atoms with E-state index in [1.54, 1.807) is 29.2 Å². The van der Waals surface area contributed by atoms with Crippen LogP contribution in [0.15, 0.2) is 66.8 Å². The lowest BCUT2D eigenvalue weighted by Crippen LogP contribution is -2.34. The monoisotopic (exact) mass is 675 g/mol. The molecular formula is C36H41N3O10. The Bertz CT molecular complexity index is 1700. The number of phenols is 5. The molecule has 0 saturated heterocycles. The van der Waals surface area contributed by atoms with E-state index in [1.807, 2.05) is 0 Å². The van der Waals surface area contributed by atoms with E-state index >= 15 is 0 Å². The molecule has 0 atom stereocenters. The fourth-order valence-corrected chi connectivity index (χ4v) is 4.50. The van der Waals surface area contributed by atoms with Crippen LogP contribution in [0.1, 0.15) is 36.0 Å². The van der Waals surface area contributed by atoms with Gasteiger partial charge >= 0.3 is 0 Å². The number of nitrogens with zero attached hydrogens (tertiary/aromatic N) is 1. The molecule has 7 N–H and O–H groups in total. The summed E-state index contributed by atoms with van der Waals surface area (Å²) >= 11 is 0. The number of benzene rings is 3. The summed E-state index contributed by atoms with van der Waals surface area (Å²) in [5.41, 5.74) is 1.64. The summed E-state index contributed by atoms with van der Waals surface area (Å²) in [5.74, 6) is -1.98. The number of ether oxygens (including phenoxy) is 2. The van der Waals surface area contributed by atoms with Crippen LogP contribution in [-0.2, 0) is 14.4 Å². The Labute approximate surface area is 284 Å². The number of amides is 3. The van der Waals surface area contributed by atoms with Gasteiger partial charge in [-0.05, 0) is 90.6 Å². The predicted molar refractivity (Wildman–Crippen MR) is 184 cm³/mol. The van der Waals surface area contributed by atoms with Crippen molar-refractivity contribution in [2.24, 2.45) is 0 Å². The lowest BCUT2D eigenvalue weighted by Gasteiger charge is -2.21. The van der Waals surface area contributed by atoms with Gasteiger partial charge in [0.2, 0.25) is 23.5 Å². The zero-order valence-electron chi connectivity index (χ0n) is 27.3. The Hall–Kier alpha value is -6.11. The van der Waals surface area contributed by atoms with Gasteiger partial charge in [0.05, 0.1) is 14.2 Å². The molecule has 3 amide bonds. The van der Waals surface area contributed by atoms with Gasteiger partial charge < -0.3 is 50.5 Å². The van der Waals surface area contributed by atoms with Crippen molar-refractivity contribution in [2.45, 2.75) is 19.3 Å². The fraction of sp³-hybridized carbons (Fsp3) is 0.250. The van der Waals surface area contributed by atoms with Gasteiger partial charge in [0.25, 0.3) is 0 Å². The Morgan fingerprint density at radius 3 is 1.80 bits per heavy atom. The van der Waals surface area contributed by atoms with Crippen molar-refractivity contribution in [1.82, 2.24) is 15.5 Å². The van der Waals surface area contributed by atoms with Gasteiger partial charge in [-0.2, -0.15) is 0 Å². The molecule has 0 spiro atoms. The van der Waals surface area contributed by atoms with Crippen molar-refractivity contribution in [3.05, 3.63) is 83.4 Å². The molecule has 0 bridgehead atoms. The molecule has 0 radical (unpaired) electrons. The standard InChI is InChI=1S/C36H41N3O10/c1-48-31-22-25(7-12-28(31)41)10-15-35(46)39(18-4-3-16-37-33(44)13-8-24-6-11-27(40)29(42)20-24)19-5-17-38-34(45)14-9-26-21-30(43)36(47)32(23-26)49-2/h6-15,20-23,40-43,47H,3-5,16-19H2,1-2H3,(H,37,44)(H,38,45)/b13-8+,14-9+,15-10+. The van der Waals surface area contributed by atoms with Crippen molar-refractivity contribution < 1.29 is 49.4 Å². The number of hydrogen-bond donors (Lipinski definition) is 7. The Kier molecular flexibility index (Phi) is 14.4. The van der Waals surface area contributed by atoms with E-state index in [0.717, 1.165) is 0 Å². The maximum atomic E-state index is 13.2. The van der Waals surface area contributed by atoms with Gasteiger partial charge in [-0.3, -0.25) is 14.4 Å². The third-order valence-corrected chi connectivity index (χ3v) is 7.14. The molecule has 0 fully saturated rings. The highest BCUT2D eigenvalue weighted by molar-refractivity contribution is 5.93. The quantitative estimate of drug-likeness (QED) is 0.0626. The van der Waals surface area contributed by atoms with Crippen LogP contribution in [0.25, 0.3) is 18.2 Å². The minimum atomic E-state index is -0.396. The molecule has 13 heteroatoms. The molecular weight excluding hydrogens is 634 g/mol. The number of phenolic OH excluding ortho intramolecular Hbond substituents is 5. The summed E-state index contributed by atoms with van der Waals surface area (Å²) in [6, 6.07) is 11.7. The molecule has 0 heterocycles. The Morgan fingerprint density at radius 2 is 1.14 bits per heavy atom. The van der Waals surface area contributed by atoms with Gasteiger partial charge in [0.15, 0.2) is 34.5 Å². The van der Waals surface area contributed by atoms with Crippen LogP contribution in [0.3, 0.4) is 0 Å². The number of methoxy groups -OCH3 is 2. The van der Waals surface area contributed by atoms with E-state index in [0.29, 0.717) is 55.6 Å². The number of aromatic hydroxyl groups is 5. The molecule has 13 nitrogen and oxygen atoms in total. The number of nitrogens with one attached hydrogen (secondary N) is 2. The second kappa shape index (κ2) is 18.9. The van der Waals surface area contributed by atoms with Crippen LogP contribution in [0.2, 0.25) is 0 Å². The van der Waals surface area contributed by atoms with E-state index < -0.39 is 11.7 Å². The molecule has 0 unspecified atom stereocenters. The maximum absolute atomic E-state index is 13.2. The highest BCUT2D eigenvalue weighted by Gasteiger charge is 2.12. The Balaban J connectivity index is 1.52. The molecule has 3 aromatic rings. The van der Waals surface area contributed by atoms with Gasteiger partial charge in [-0.1, -0.05) is 12.1 Å². The third kappa shape index (κ3) is 12.2. The first-order chi connectivity index (χ1) is 23.5. The summed E-state index contributed by atoms with van der Waals surface area (Å²) in [5, 5.41) is 53.9. The predicted octanol–water partition coefficient (Wildman–Crippen LogP) is 3.90. The molecule has 0 aliphatic carbocycles. The van der Waals surface area contributed by atoms with Crippen molar-refractivity contribution in [1.29, 1.82) is 0 Å². The Morgan fingerprint density at radius 1 is 0.612 bits per heavy atom. The molecule has 3 rings (SSSR count). The molecule has 3 aromatic carbocycles. The SMILES string of the molecule is COc1cc(/C=C/C(=O)N(CCCCNC(=O)/C=C/c2ccc(O)c(O)c2)CCCNC(=O)/C=C/c2cc(O)c(O)c(OC)c2)ccc1O. The van der Waals surface area contributed by atoms with Crippen molar-refractivity contribution in [2.75, 3.05) is 40.4 Å². The van der Waals surface area contributed by atoms with Crippen LogP contribution in [-0.4, -0.2) is 88.6 Å². The van der Waals surface area contributed by atoms with Crippen molar-refractivity contribution in [3.63, 3.8) is 0 Å². The number of carbonyl (C=O) groups excluding carboxylic acids is 3. The first-order valence-electron chi connectivity index (χ1n) is 15.4. The molecule has 0 aromatic heterocycles. The average Bonchev–Trinajstić information content (AvgIpc) is 3.09. The minimum absolute atomic E-state index is 0.0207. The largest absolute Gasteiger partial charge is 0.504 e. The number of hydrogen-bond acceptors (Lipinski definition) is 10. The molecule has 0 aliphatic heterocycles. The van der Waals surface area contributed by atoms with Crippen molar-refractivity contribution in [3.8, 4) is 40.2 Å². The van der Waals surface area contributed by atoms with E-state index in [2.05, 4.69) is 10.6 Å². The molecule has 260 valence electrons. The van der Waals surface area contributed by atoms with Crippen LogP contribution >= 0.6 is 0 Å². The average molecular weight is 676 g/mol. The van der Waals surface area contributed by atoms with Crippen LogP contribution in [0.5, 0.6) is 40.2 Å². The summed E-state index contributed by atoms with van der Waals surface area (Å²) in [6.07, 6.45) is 10.2. The smallest absolute Gasteiger partial charge is 0.246 e. The van der Waals surface area contributed by atoms with Gasteiger partial charge in [-0.15, -0.1) is 0 Å². The summed E-state index contributed by atoms with van der Waals surface area (Å²) in [6.45, 7) is 1.36. The number of unbranched alkanes of at least 4 members (excludes halogenated alkanes) is 1. The normalized spacial score (nSPS) is 11.2. The summed E-state index contributed by atoms with van der Waals surface area (Å²) in [7, 11) is 2.77. The van der Waals surface area contributed by atoms with E-state index in [1.165, 1.54) is 74.9 Å². The van der Waals surface area contributed by atoms with Crippen molar-refractivity contribution >= 4 is 35.9 Å². The topological polar surface area (TPSA) is 198 Å². The lowest BCUT2D eigenvalue weighted by molar-refractivity contribution is -0.126. The van der Waals surface area contributed by atoms with E-state index in [9.17, 15) is 39.9 Å². The highest BCUT2D eigenvalue weighted by atomic mass is 16.5. The van der Waals surface area contributed by atoms with Crippen LogP contribution in [0, 0.1) is 0 Å². The van der Waals surface area contributed by atoms with Gasteiger partial charge in [0.1, 0.15) is 0 Å². The lowest BCUT2D eigenvalue weighted by atomic mass is 10.1.